The number of rotatable bonds is 4. The van der Waals surface area contributed by atoms with Gasteiger partial charge in [0.1, 0.15) is 6.10 Å². The van der Waals surface area contributed by atoms with Gasteiger partial charge in [-0.3, -0.25) is 4.79 Å². The molecular weight excluding hydrogens is 238 g/mol. The molecule has 0 radical (unpaired) electrons. The van der Waals surface area contributed by atoms with Crippen LogP contribution >= 0.6 is 0 Å². The first-order valence-corrected chi connectivity index (χ1v) is 6.49. The number of carbonyl (C=O) groups excluding carboxylic acids is 1. The van der Waals surface area contributed by atoms with E-state index in [0.29, 0.717) is 6.54 Å². The number of benzene rings is 2. The highest BCUT2D eigenvalue weighted by molar-refractivity contribution is 5.85. The first-order chi connectivity index (χ1) is 9.09. The van der Waals surface area contributed by atoms with E-state index in [0.717, 1.165) is 6.42 Å². The minimum Gasteiger partial charge on any atom is -0.384 e. The Hall–Kier alpha value is -1.87. The predicted octanol–water partition coefficient (Wildman–Crippen LogP) is 2.22. The normalized spacial score (nSPS) is 12.4. The van der Waals surface area contributed by atoms with Crippen molar-refractivity contribution in [2.45, 2.75) is 19.4 Å². The van der Waals surface area contributed by atoms with Crippen molar-refractivity contribution in [2.24, 2.45) is 0 Å². The van der Waals surface area contributed by atoms with Gasteiger partial charge in [0.25, 0.3) is 5.91 Å². The molecule has 2 aromatic rings. The Labute approximate surface area is 113 Å². The molecule has 2 aromatic carbocycles. The van der Waals surface area contributed by atoms with Crippen LogP contribution in [0.25, 0.3) is 10.8 Å². The van der Waals surface area contributed by atoms with Crippen molar-refractivity contribution < 1.29 is 9.90 Å². The number of amides is 1. The molecule has 0 fully saturated rings. The number of carbonyl (C=O) groups is 1. The molecule has 0 aliphatic heterocycles. The summed E-state index contributed by atoms with van der Waals surface area (Å²) in [6, 6.07) is 14.4. The first-order valence-electron chi connectivity index (χ1n) is 6.49. The second-order valence-electron chi connectivity index (χ2n) is 4.82. The van der Waals surface area contributed by atoms with E-state index >= 15 is 0 Å². The van der Waals surface area contributed by atoms with E-state index in [4.69, 9.17) is 0 Å². The quantitative estimate of drug-likeness (QED) is 0.912. The molecule has 3 heteroatoms. The molecule has 0 spiro atoms. The molecule has 100 valence electrons. The van der Waals surface area contributed by atoms with Gasteiger partial charge >= 0.3 is 0 Å². The molecule has 0 aromatic heterocycles. The first kappa shape index (κ1) is 13.6. The predicted molar refractivity (Wildman–Crippen MR) is 77.0 cm³/mol. The van der Waals surface area contributed by atoms with Crippen LogP contribution in [0.1, 0.15) is 12.5 Å². The fraction of sp³-hybridized carbons (Fsp3) is 0.312. The lowest BCUT2D eigenvalue weighted by Gasteiger charge is -2.19. The standard InChI is InChI=1S/C16H19NO2/c1-12(18)16(19)17(2)11-10-14-8-5-7-13-6-3-4-9-15(13)14/h3-9,12,18H,10-11H2,1-2H3. The van der Waals surface area contributed by atoms with E-state index in [1.165, 1.54) is 23.3 Å². The van der Waals surface area contributed by atoms with Crippen molar-refractivity contribution in [3.05, 3.63) is 48.0 Å². The van der Waals surface area contributed by atoms with Crippen molar-refractivity contribution in [1.29, 1.82) is 0 Å². The Morgan fingerprint density at radius 2 is 1.89 bits per heavy atom. The van der Waals surface area contributed by atoms with Gasteiger partial charge in [0.15, 0.2) is 0 Å². The highest BCUT2D eigenvalue weighted by Gasteiger charge is 2.14. The molecule has 0 saturated carbocycles. The lowest BCUT2D eigenvalue weighted by atomic mass is 10.0. The number of nitrogens with zero attached hydrogens (tertiary/aromatic N) is 1. The lowest BCUT2D eigenvalue weighted by Crippen LogP contribution is -2.35. The zero-order valence-corrected chi connectivity index (χ0v) is 11.3. The van der Waals surface area contributed by atoms with Crippen LogP contribution in [-0.4, -0.2) is 35.6 Å². The Balaban J connectivity index is 2.12. The van der Waals surface area contributed by atoms with Gasteiger partial charge in [-0.15, -0.1) is 0 Å². The summed E-state index contributed by atoms with van der Waals surface area (Å²) in [5.74, 6) is -0.236. The van der Waals surface area contributed by atoms with Crippen LogP contribution in [0, 0.1) is 0 Å². The molecule has 1 unspecified atom stereocenters. The van der Waals surface area contributed by atoms with Crippen LogP contribution in [0.5, 0.6) is 0 Å². The second-order valence-corrected chi connectivity index (χ2v) is 4.82. The molecule has 1 atom stereocenters. The third-order valence-electron chi connectivity index (χ3n) is 3.33. The fourth-order valence-electron chi connectivity index (χ4n) is 2.23. The lowest BCUT2D eigenvalue weighted by molar-refractivity contribution is -0.137. The third-order valence-corrected chi connectivity index (χ3v) is 3.33. The Morgan fingerprint density at radius 1 is 1.21 bits per heavy atom. The minimum atomic E-state index is -0.933. The Kier molecular flexibility index (Phi) is 4.17. The summed E-state index contributed by atoms with van der Waals surface area (Å²) < 4.78 is 0. The molecule has 2 rings (SSSR count). The van der Waals surface area contributed by atoms with E-state index in [2.05, 4.69) is 24.3 Å². The van der Waals surface area contributed by atoms with Crippen molar-refractivity contribution in [3.63, 3.8) is 0 Å². The monoisotopic (exact) mass is 257 g/mol. The van der Waals surface area contributed by atoms with Crippen LogP contribution < -0.4 is 0 Å². The van der Waals surface area contributed by atoms with Gasteiger partial charge in [0.2, 0.25) is 0 Å². The van der Waals surface area contributed by atoms with Gasteiger partial charge in [-0.05, 0) is 29.7 Å². The number of likely N-dealkylation sites (N-methyl/N-ethyl adjacent to an activating group) is 1. The summed E-state index contributed by atoms with van der Waals surface area (Å²) in [5.41, 5.74) is 1.23. The molecule has 3 nitrogen and oxygen atoms in total. The van der Waals surface area contributed by atoms with Gasteiger partial charge in [-0.2, -0.15) is 0 Å². The number of hydrogen-bond donors (Lipinski definition) is 1. The van der Waals surface area contributed by atoms with E-state index in [-0.39, 0.29) is 5.91 Å². The summed E-state index contributed by atoms with van der Waals surface area (Å²) >= 11 is 0. The maximum atomic E-state index is 11.6. The largest absolute Gasteiger partial charge is 0.384 e. The summed E-state index contributed by atoms with van der Waals surface area (Å²) in [5, 5.41) is 11.7. The topological polar surface area (TPSA) is 40.5 Å². The SMILES string of the molecule is CC(O)C(=O)N(C)CCc1cccc2ccccc12. The summed E-state index contributed by atoms with van der Waals surface area (Å²) in [7, 11) is 1.72. The molecule has 0 aliphatic carbocycles. The highest BCUT2D eigenvalue weighted by atomic mass is 16.3. The molecule has 0 heterocycles. The molecular formula is C16H19NO2. The highest BCUT2D eigenvalue weighted by Crippen LogP contribution is 2.19. The van der Waals surface area contributed by atoms with E-state index in [1.54, 1.807) is 11.9 Å². The van der Waals surface area contributed by atoms with Crippen molar-refractivity contribution >= 4 is 16.7 Å². The smallest absolute Gasteiger partial charge is 0.250 e. The third kappa shape index (κ3) is 3.12. The molecule has 19 heavy (non-hydrogen) atoms. The van der Waals surface area contributed by atoms with Crippen molar-refractivity contribution in [2.75, 3.05) is 13.6 Å². The Bertz CT molecular complexity index is 572. The molecule has 1 N–H and O–H groups in total. The van der Waals surface area contributed by atoms with Crippen molar-refractivity contribution in [3.8, 4) is 0 Å². The maximum Gasteiger partial charge on any atom is 0.250 e. The van der Waals surface area contributed by atoms with E-state index in [1.807, 2.05) is 18.2 Å². The Morgan fingerprint density at radius 3 is 2.63 bits per heavy atom. The van der Waals surface area contributed by atoms with Crippen LogP contribution in [0.3, 0.4) is 0 Å². The van der Waals surface area contributed by atoms with Crippen LogP contribution in [0.2, 0.25) is 0 Å². The van der Waals surface area contributed by atoms with Crippen molar-refractivity contribution in [1.82, 2.24) is 4.90 Å². The zero-order valence-electron chi connectivity index (χ0n) is 11.3. The fourth-order valence-corrected chi connectivity index (χ4v) is 2.23. The number of aliphatic hydroxyl groups is 1. The minimum absolute atomic E-state index is 0.236. The van der Waals surface area contributed by atoms with Gasteiger partial charge < -0.3 is 10.0 Å². The summed E-state index contributed by atoms with van der Waals surface area (Å²) in [6.45, 7) is 2.11. The molecule has 0 saturated heterocycles. The molecule has 0 aliphatic rings. The van der Waals surface area contributed by atoms with Gasteiger partial charge in [0, 0.05) is 13.6 Å². The van der Waals surface area contributed by atoms with Crippen LogP contribution in [0.15, 0.2) is 42.5 Å². The maximum absolute atomic E-state index is 11.6. The summed E-state index contributed by atoms with van der Waals surface area (Å²) in [4.78, 5) is 13.2. The molecule has 0 bridgehead atoms. The number of aliphatic hydroxyl groups excluding tert-OH is 1. The molecule has 1 amide bonds. The van der Waals surface area contributed by atoms with E-state index in [9.17, 15) is 9.90 Å². The number of hydrogen-bond acceptors (Lipinski definition) is 2. The van der Waals surface area contributed by atoms with E-state index < -0.39 is 6.10 Å². The van der Waals surface area contributed by atoms with Gasteiger partial charge in [-0.1, -0.05) is 42.5 Å². The second kappa shape index (κ2) is 5.85. The number of fused-ring (bicyclic) bond motifs is 1. The average Bonchev–Trinajstić information content (AvgIpc) is 2.43. The zero-order chi connectivity index (χ0) is 13.8. The average molecular weight is 257 g/mol. The summed E-state index contributed by atoms with van der Waals surface area (Å²) in [6.07, 6.45) is -0.145. The van der Waals surface area contributed by atoms with Gasteiger partial charge in [-0.25, -0.2) is 0 Å². The van der Waals surface area contributed by atoms with Gasteiger partial charge in [0.05, 0.1) is 0 Å². The van der Waals surface area contributed by atoms with Crippen LogP contribution in [0.4, 0.5) is 0 Å². The van der Waals surface area contributed by atoms with Crippen LogP contribution in [-0.2, 0) is 11.2 Å².